The highest BCUT2D eigenvalue weighted by Gasteiger charge is 2.25. The summed E-state index contributed by atoms with van der Waals surface area (Å²) in [4.78, 5) is 10.2. The molecule has 0 radical (unpaired) electrons. The maximum atomic E-state index is 13.9. The Bertz CT molecular complexity index is 818. The molecular formula is C19H23F3IN5. The van der Waals surface area contributed by atoms with Gasteiger partial charge in [-0.2, -0.15) is 0 Å². The van der Waals surface area contributed by atoms with Crippen molar-refractivity contribution in [1.29, 1.82) is 0 Å². The number of rotatable bonds is 5. The molecule has 1 saturated heterocycles. The molecule has 1 atom stereocenters. The molecule has 152 valence electrons. The quantitative estimate of drug-likeness (QED) is 0.373. The van der Waals surface area contributed by atoms with Crippen LogP contribution in [0, 0.1) is 17.5 Å². The summed E-state index contributed by atoms with van der Waals surface area (Å²) in [6.45, 7) is 1.70. The minimum Gasteiger partial charge on any atom is -0.356 e. The van der Waals surface area contributed by atoms with E-state index in [-0.39, 0.29) is 35.8 Å². The van der Waals surface area contributed by atoms with Crippen LogP contribution in [0.1, 0.15) is 12.0 Å². The Morgan fingerprint density at radius 3 is 2.82 bits per heavy atom. The number of guanidine groups is 1. The molecule has 1 unspecified atom stereocenters. The zero-order valence-electron chi connectivity index (χ0n) is 15.5. The largest absolute Gasteiger partial charge is 0.356 e. The number of hydrogen-bond donors (Lipinski definition) is 2. The molecule has 2 aromatic rings. The van der Waals surface area contributed by atoms with Gasteiger partial charge in [-0.3, -0.25) is 4.99 Å². The molecule has 28 heavy (non-hydrogen) atoms. The second-order valence-electron chi connectivity index (χ2n) is 6.37. The monoisotopic (exact) mass is 505 g/mol. The third kappa shape index (κ3) is 5.73. The van der Waals surface area contributed by atoms with Crippen LogP contribution in [0.3, 0.4) is 0 Å². The van der Waals surface area contributed by atoms with Gasteiger partial charge in [-0.05, 0) is 48.7 Å². The zero-order chi connectivity index (χ0) is 19.2. The van der Waals surface area contributed by atoms with Gasteiger partial charge in [0, 0.05) is 38.9 Å². The van der Waals surface area contributed by atoms with Crippen LogP contribution in [0.5, 0.6) is 0 Å². The molecule has 0 aliphatic carbocycles. The highest BCUT2D eigenvalue weighted by Crippen LogP contribution is 2.20. The van der Waals surface area contributed by atoms with E-state index in [1.807, 2.05) is 4.90 Å². The van der Waals surface area contributed by atoms with Crippen LogP contribution in [-0.4, -0.2) is 43.7 Å². The molecule has 1 aromatic heterocycles. The van der Waals surface area contributed by atoms with E-state index in [9.17, 15) is 13.2 Å². The van der Waals surface area contributed by atoms with E-state index < -0.39 is 11.6 Å². The molecule has 0 bridgehead atoms. The number of nitrogens with one attached hydrogen (secondary N) is 2. The molecular weight excluding hydrogens is 482 g/mol. The van der Waals surface area contributed by atoms with Crippen LogP contribution in [0.15, 0.2) is 41.5 Å². The van der Waals surface area contributed by atoms with E-state index in [1.54, 1.807) is 19.3 Å². The number of aliphatic imine (C=N–C) groups is 1. The van der Waals surface area contributed by atoms with E-state index >= 15 is 0 Å². The normalized spacial score (nSPS) is 16.6. The summed E-state index contributed by atoms with van der Waals surface area (Å²) in [5, 5.41) is 6.38. The Balaban J connectivity index is 0.00000280. The minimum atomic E-state index is -0.457. The van der Waals surface area contributed by atoms with Crippen LogP contribution in [-0.2, 0) is 6.42 Å². The highest BCUT2D eigenvalue weighted by molar-refractivity contribution is 14.0. The fourth-order valence-corrected chi connectivity index (χ4v) is 3.12. The van der Waals surface area contributed by atoms with Crippen molar-refractivity contribution in [2.24, 2.45) is 4.99 Å². The van der Waals surface area contributed by atoms with E-state index in [2.05, 4.69) is 20.6 Å². The lowest BCUT2D eigenvalue weighted by Crippen LogP contribution is -2.45. The minimum absolute atomic E-state index is 0. The van der Waals surface area contributed by atoms with Crippen molar-refractivity contribution in [2.45, 2.75) is 18.9 Å². The third-order valence-corrected chi connectivity index (χ3v) is 4.49. The second kappa shape index (κ2) is 10.5. The van der Waals surface area contributed by atoms with Gasteiger partial charge in [0.15, 0.2) is 17.6 Å². The first-order chi connectivity index (χ1) is 13.1. The fraction of sp³-hybridized carbons (Fsp3) is 0.368. The van der Waals surface area contributed by atoms with Gasteiger partial charge < -0.3 is 15.5 Å². The van der Waals surface area contributed by atoms with Crippen LogP contribution in [0.4, 0.5) is 19.0 Å². The van der Waals surface area contributed by atoms with E-state index in [0.29, 0.717) is 43.4 Å². The Labute approximate surface area is 179 Å². The van der Waals surface area contributed by atoms with E-state index in [4.69, 9.17) is 0 Å². The van der Waals surface area contributed by atoms with Crippen molar-refractivity contribution in [2.75, 3.05) is 31.6 Å². The van der Waals surface area contributed by atoms with Crippen molar-refractivity contribution in [3.8, 4) is 0 Å². The summed E-state index contributed by atoms with van der Waals surface area (Å²) >= 11 is 0. The number of anilines is 1. The van der Waals surface area contributed by atoms with Gasteiger partial charge in [-0.1, -0.05) is 0 Å². The molecule has 5 nitrogen and oxygen atoms in total. The first-order valence-electron chi connectivity index (χ1n) is 8.83. The molecule has 2 heterocycles. The number of benzene rings is 1. The Morgan fingerprint density at radius 1 is 1.25 bits per heavy atom. The average Bonchev–Trinajstić information content (AvgIpc) is 3.12. The summed E-state index contributed by atoms with van der Waals surface area (Å²) in [5.41, 5.74) is 0.315. The van der Waals surface area contributed by atoms with Gasteiger partial charge in [-0.15, -0.1) is 24.0 Å². The van der Waals surface area contributed by atoms with Gasteiger partial charge in [0.05, 0.1) is 0 Å². The number of hydrogen-bond acceptors (Lipinski definition) is 3. The van der Waals surface area contributed by atoms with Gasteiger partial charge in [0.1, 0.15) is 11.6 Å². The van der Waals surface area contributed by atoms with Crippen LogP contribution in [0.25, 0.3) is 0 Å². The standard InChI is InChI=1S/C19H22F3N5.HI/c1-23-19(25-9-6-13-11-14(20)4-5-16(13)21)26-15-7-10-27(12-15)18-17(22)3-2-8-24-18;/h2-5,8,11,15H,6-7,9-10,12H2,1H3,(H2,23,25,26);1H. The van der Waals surface area contributed by atoms with Crippen molar-refractivity contribution in [3.63, 3.8) is 0 Å². The zero-order valence-corrected chi connectivity index (χ0v) is 17.8. The summed E-state index contributed by atoms with van der Waals surface area (Å²) in [5.74, 6) is -0.295. The topological polar surface area (TPSA) is 52.6 Å². The number of aromatic nitrogens is 1. The van der Waals surface area contributed by atoms with Gasteiger partial charge >= 0.3 is 0 Å². The van der Waals surface area contributed by atoms with E-state index in [1.165, 1.54) is 12.1 Å². The average molecular weight is 505 g/mol. The maximum absolute atomic E-state index is 13.9. The maximum Gasteiger partial charge on any atom is 0.191 e. The smallest absolute Gasteiger partial charge is 0.191 e. The first kappa shape index (κ1) is 22.3. The van der Waals surface area contributed by atoms with Crippen molar-refractivity contribution in [3.05, 3.63) is 59.5 Å². The lowest BCUT2D eigenvalue weighted by molar-refractivity contribution is 0.582. The van der Waals surface area contributed by atoms with Crippen LogP contribution in [0.2, 0.25) is 0 Å². The summed E-state index contributed by atoms with van der Waals surface area (Å²) < 4.78 is 40.7. The Kier molecular flexibility index (Phi) is 8.34. The number of nitrogens with zero attached hydrogens (tertiary/aromatic N) is 3. The van der Waals surface area contributed by atoms with E-state index in [0.717, 1.165) is 18.6 Å². The molecule has 3 rings (SSSR count). The van der Waals surface area contributed by atoms with Gasteiger partial charge in [0.2, 0.25) is 0 Å². The van der Waals surface area contributed by atoms with Crippen molar-refractivity contribution in [1.82, 2.24) is 15.6 Å². The lowest BCUT2D eigenvalue weighted by Gasteiger charge is -2.20. The van der Waals surface area contributed by atoms with Gasteiger partial charge in [-0.25, -0.2) is 18.2 Å². The molecule has 9 heteroatoms. The van der Waals surface area contributed by atoms with Gasteiger partial charge in [0.25, 0.3) is 0 Å². The molecule has 0 amide bonds. The Hall–Kier alpha value is -2.04. The third-order valence-electron chi connectivity index (χ3n) is 4.49. The molecule has 1 aliphatic heterocycles. The first-order valence-corrected chi connectivity index (χ1v) is 8.83. The molecule has 0 saturated carbocycles. The number of halogens is 4. The predicted molar refractivity (Wildman–Crippen MR) is 115 cm³/mol. The summed E-state index contributed by atoms with van der Waals surface area (Å²) in [6, 6.07) is 6.48. The molecule has 0 spiro atoms. The molecule has 2 N–H and O–H groups in total. The Morgan fingerprint density at radius 2 is 2.07 bits per heavy atom. The fourth-order valence-electron chi connectivity index (χ4n) is 3.12. The second-order valence-corrected chi connectivity index (χ2v) is 6.37. The molecule has 1 aliphatic rings. The van der Waals surface area contributed by atoms with Crippen molar-refractivity contribution >= 4 is 35.8 Å². The highest BCUT2D eigenvalue weighted by atomic mass is 127. The predicted octanol–water partition coefficient (Wildman–Crippen LogP) is 3.10. The lowest BCUT2D eigenvalue weighted by atomic mass is 10.1. The van der Waals surface area contributed by atoms with Crippen molar-refractivity contribution < 1.29 is 13.2 Å². The summed E-state index contributed by atoms with van der Waals surface area (Å²) in [7, 11) is 1.64. The van der Waals surface area contributed by atoms with Crippen LogP contribution < -0.4 is 15.5 Å². The summed E-state index contributed by atoms with van der Waals surface area (Å²) in [6.07, 6.45) is 2.72. The number of pyridine rings is 1. The SMILES string of the molecule is CN=C(NCCc1cc(F)ccc1F)NC1CCN(c2ncccc2F)C1.I. The van der Waals surface area contributed by atoms with Crippen LogP contribution >= 0.6 is 24.0 Å². The molecule has 1 aromatic carbocycles. The molecule has 1 fully saturated rings.